The largest absolute Gasteiger partial charge is 0.392 e. The number of hydrogen-bond acceptors (Lipinski definition) is 7. The first kappa shape index (κ1) is 33.0. The maximum atomic E-state index is 12.4. The highest BCUT2D eigenvalue weighted by Crippen LogP contribution is 2.38. The fourth-order valence-electron chi connectivity index (χ4n) is 5.36. The Morgan fingerprint density at radius 3 is 2.32 bits per heavy atom. The van der Waals surface area contributed by atoms with Gasteiger partial charge in [0, 0.05) is 44.5 Å². The normalized spacial score (nSPS) is 18.1. The van der Waals surface area contributed by atoms with Gasteiger partial charge in [-0.2, -0.15) is 0 Å². The van der Waals surface area contributed by atoms with E-state index in [0.717, 1.165) is 46.5 Å². The van der Waals surface area contributed by atoms with E-state index in [1.165, 1.54) is 0 Å². The molecule has 2 amide bonds. The predicted octanol–water partition coefficient (Wildman–Crippen LogP) is 5.19. The van der Waals surface area contributed by atoms with Crippen LogP contribution in [0.15, 0.2) is 85.5 Å². The molecule has 4 rings (SSSR count). The summed E-state index contributed by atoms with van der Waals surface area (Å²) in [6.45, 7) is 5.75. The number of nitrogens with one attached hydrogen (secondary N) is 2. The molecule has 0 bridgehead atoms. The highest BCUT2D eigenvalue weighted by Gasteiger charge is 2.32. The fraction of sp³-hybridized carbons (Fsp3) is 0.371. The van der Waals surface area contributed by atoms with Crippen molar-refractivity contribution in [3.8, 4) is 11.1 Å². The van der Waals surface area contributed by atoms with Crippen molar-refractivity contribution in [2.45, 2.75) is 63.8 Å². The lowest BCUT2D eigenvalue weighted by molar-refractivity contribution is -0.252. The highest BCUT2D eigenvalue weighted by molar-refractivity contribution is 5.77. The van der Waals surface area contributed by atoms with Crippen molar-refractivity contribution < 1.29 is 29.4 Å². The second kappa shape index (κ2) is 16.8. The number of nitrogens with zero attached hydrogens (tertiary/aromatic N) is 1. The number of rotatable bonds is 15. The second-order valence-corrected chi connectivity index (χ2v) is 11.2. The van der Waals surface area contributed by atoms with Crippen molar-refractivity contribution in [3.05, 3.63) is 108 Å². The van der Waals surface area contributed by atoms with Gasteiger partial charge < -0.3 is 24.8 Å². The van der Waals surface area contributed by atoms with Crippen LogP contribution in [-0.4, -0.2) is 53.3 Å². The SMILES string of the molecule is C=CCN(C)C[C@@H]1C[C@H](c2ccc(CO)cc2)O[C@H](c2ccc(-c3ccccc3CNC(=O)CCCCC(=O)NO)cc2)O1. The van der Waals surface area contributed by atoms with E-state index in [1.807, 2.05) is 85.9 Å². The lowest BCUT2D eigenvalue weighted by Gasteiger charge is -2.37. The van der Waals surface area contributed by atoms with Gasteiger partial charge in [-0.3, -0.25) is 14.8 Å². The number of carbonyl (C=O) groups is 2. The van der Waals surface area contributed by atoms with Gasteiger partial charge in [0.05, 0.1) is 18.8 Å². The molecule has 0 saturated carbocycles. The number of amides is 2. The third-order valence-corrected chi connectivity index (χ3v) is 7.74. The van der Waals surface area contributed by atoms with Gasteiger partial charge in [-0.15, -0.1) is 6.58 Å². The Balaban J connectivity index is 1.43. The van der Waals surface area contributed by atoms with Gasteiger partial charge >= 0.3 is 0 Å². The molecule has 44 heavy (non-hydrogen) atoms. The van der Waals surface area contributed by atoms with Crippen molar-refractivity contribution in [1.29, 1.82) is 0 Å². The standard InChI is InChI=1S/C35H43N3O6/c1-3-20-38(2)23-30-21-32(27-14-12-25(24-39)13-15-27)44-35(43-30)28-18-16-26(17-19-28)31-9-5-4-8-29(31)22-36-33(40)10-6-7-11-34(41)37-42/h3-5,8-9,12-19,30,32,35,39,42H,1,6-7,10-11,20-24H2,2H3,(H,36,40)(H,37,41)/t30-,32+,35+/m0/s1. The number of benzene rings is 3. The van der Waals surface area contributed by atoms with Crippen molar-refractivity contribution in [2.24, 2.45) is 0 Å². The van der Waals surface area contributed by atoms with E-state index in [9.17, 15) is 14.7 Å². The molecule has 234 valence electrons. The predicted molar refractivity (Wildman–Crippen MR) is 168 cm³/mol. The Morgan fingerprint density at radius 2 is 1.64 bits per heavy atom. The Bertz CT molecular complexity index is 1360. The molecule has 9 heteroatoms. The molecule has 3 atom stereocenters. The molecule has 4 N–H and O–H groups in total. The molecule has 1 aliphatic heterocycles. The minimum absolute atomic E-state index is 0.00174. The summed E-state index contributed by atoms with van der Waals surface area (Å²) >= 11 is 0. The monoisotopic (exact) mass is 601 g/mol. The molecule has 0 radical (unpaired) electrons. The Morgan fingerprint density at radius 1 is 0.955 bits per heavy atom. The maximum Gasteiger partial charge on any atom is 0.243 e. The van der Waals surface area contributed by atoms with Crippen LogP contribution >= 0.6 is 0 Å². The maximum absolute atomic E-state index is 12.4. The van der Waals surface area contributed by atoms with E-state index in [0.29, 0.717) is 32.2 Å². The van der Waals surface area contributed by atoms with E-state index < -0.39 is 12.2 Å². The molecule has 0 aliphatic carbocycles. The summed E-state index contributed by atoms with van der Waals surface area (Å²) in [7, 11) is 2.05. The van der Waals surface area contributed by atoms with Crippen LogP contribution in [-0.2, 0) is 32.2 Å². The number of hydroxylamine groups is 1. The molecule has 1 heterocycles. The number of aliphatic hydroxyl groups excluding tert-OH is 1. The van der Waals surface area contributed by atoms with Crippen LogP contribution < -0.4 is 10.8 Å². The third kappa shape index (κ3) is 9.57. The van der Waals surface area contributed by atoms with Gasteiger partial charge in [-0.05, 0) is 47.7 Å². The number of carbonyl (C=O) groups excluding carboxylic acids is 2. The number of unbranched alkanes of at least 4 members (excludes halogenated alkanes) is 1. The van der Waals surface area contributed by atoms with E-state index in [-0.39, 0.29) is 31.1 Å². The molecule has 9 nitrogen and oxygen atoms in total. The zero-order valence-corrected chi connectivity index (χ0v) is 25.3. The summed E-state index contributed by atoms with van der Waals surface area (Å²) in [5, 5.41) is 21.0. The zero-order chi connectivity index (χ0) is 31.3. The molecule has 3 aromatic rings. The summed E-state index contributed by atoms with van der Waals surface area (Å²) < 4.78 is 13.0. The molecule has 0 aromatic heterocycles. The smallest absolute Gasteiger partial charge is 0.243 e. The van der Waals surface area contributed by atoms with Gasteiger partial charge in [0.1, 0.15) is 0 Å². The Kier molecular flexibility index (Phi) is 12.6. The Labute approximate surface area is 259 Å². The number of likely N-dealkylation sites (N-methyl/N-ethyl adjacent to an activating group) is 1. The molecule has 0 spiro atoms. The van der Waals surface area contributed by atoms with Gasteiger partial charge in [-0.1, -0.05) is 78.9 Å². The van der Waals surface area contributed by atoms with Gasteiger partial charge in [-0.25, -0.2) is 5.48 Å². The van der Waals surface area contributed by atoms with E-state index in [1.54, 1.807) is 5.48 Å². The first-order chi connectivity index (χ1) is 21.4. The van der Waals surface area contributed by atoms with Crippen LogP contribution in [0.4, 0.5) is 0 Å². The second-order valence-electron chi connectivity index (χ2n) is 11.2. The van der Waals surface area contributed by atoms with Crippen LogP contribution in [0, 0.1) is 0 Å². The van der Waals surface area contributed by atoms with Crippen molar-refractivity contribution >= 4 is 11.8 Å². The summed E-state index contributed by atoms with van der Waals surface area (Å²) in [5.74, 6) is -0.531. The molecule has 0 unspecified atom stereocenters. The number of aliphatic hydroxyl groups is 1. The average Bonchev–Trinajstić information content (AvgIpc) is 3.05. The third-order valence-electron chi connectivity index (χ3n) is 7.74. The van der Waals surface area contributed by atoms with Crippen LogP contribution in [0.2, 0.25) is 0 Å². The van der Waals surface area contributed by atoms with E-state index in [4.69, 9.17) is 14.7 Å². The van der Waals surface area contributed by atoms with Crippen molar-refractivity contribution in [3.63, 3.8) is 0 Å². The molecule has 1 aliphatic rings. The summed E-state index contributed by atoms with van der Waals surface area (Å²) in [4.78, 5) is 25.7. The molecular formula is C35H43N3O6. The molecule has 1 saturated heterocycles. The van der Waals surface area contributed by atoms with Gasteiger partial charge in [0.15, 0.2) is 6.29 Å². The minimum atomic E-state index is -0.541. The number of ether oxygens (including phenoxy) is 2. The van der Waals surface area contributed by atoms with Crippen LogP contribution in [0.25, 0.3) is 11.1 Å². The average molecular weight is 602 g/mol. The fourth-order valence-corrected chi connectivity index (χ4v) is 5.36. The molecule has 1 fully saturated rings. The van der Waals surface area contributed by atoms with E-state index >= 15 is 0 Å². The quantitative estimate of drug-likeness (QED) is 0.0819. The lowest BCUT2D eigenvalue weighted by Crippen LogP contribution is -2.37. The van der Waals surface area contributed by atoms with Gasteiger partial charge in [0.2, 0.25) is 11.8 Å². The first-order valence-corrected chi connectivity index (χ1v) is 15.1. The van der Waals surface area contributed by atoms with Crippen LogP contribution in [0.1, 0.15) is 66.8 Å². The Hall–Kier alpha value is -3.86. The number of hydrogen-bond donors (Lipinski definition) is 4. The summed E-state index contributed by atoms with van der Waals surface area (Å²) in [6.07, 6.45) is 3.45. The van der Waals surface area contributed by atoms with Crippen LogP contribution in [0.5, 0.6) is 0 Å². The molecule has 3 aromatic carbocycles. The van der Waals surface area contributed by atoms with Crippen LogP contribution in [0.3, 0.4) is 0 Å². The summed E-state index contributed by atoms with van der Waals surface area (Å²) in [6, 6.07) is 24.0. The highest BCUT2D eigenvalue weighted by atomic mass is 16.7. The van der Waals surface area contributed by atoms with E-state index in [2.05, 4.69) is 16.8 Å². The van der Waals surface area contributed by atoms with Crippen molar-refractivity contribution in [2.75, 3.05) is 20.1 Å². The molecular weight excluding hydrogens is 558 g/mol. The van der Waals surface area contributed by atoms with Gasteiger partial charge in [0.25, 0.3) is 0 Å². The minimum Gasteiger partial charge on any atom is -0.392 e. The topological polar surface area (TPSA) is 120 Å². The zero-order valence-electron chi connectivity index (χ0n) is 25.3. The first-order valence-electron chi connectivity index (χ1n) is 15.1. The van der Waals surface area contributed by atoms with Crippen molar-refractivity contribution in [1.82, 2.24) is 15.7 Å². The lowest BCUT2D eigenvalue weighted by atomic mass is 9.97. The summed E-state index contributed by atoms with van der Waals surface area (Å²) in [5.41, 5.74) is 7.47.